The van der Waals surface area contributed by atoms with E-state index in [-0.39, 0.29) is 0 Å². The summed E-state index contributed by atoms with van der Waals surface area (Å²) >= 11 is 0. The molecule has 0 amide bonds. The largest absolute Gasteiger partial charge is 0.380 e. The van der Waals surface area contributed by atoms with Gasteiger partial charge in [0.1, 0.15) is 0 Å². The van der Waals surface area contributed by atoms with Crippen molar-refractivity contribution in [2.24, 2.45) is 0 Å². The van der Waals surface area contributed by atoms with Crippen LogP contribution in [0.3, 0.4) is 0 Å². The molecule has 1 N–H and O–H groups in total. The fraction of sp³-hybridized carbons (Fsp3) is 0.0435. The van der Waals surface area contributed by atoms with E-state index in [4.69, 9.17) is 0 Å². The van der Waals surface area contributed by atoms with Gasteiger partial charge in [0.15, 0.2) is 0 Å². The van der Waals surface area contributed by atoms with E-state index in [1.807, 2.05) is 54.6 Å². The zero-order valence-electron chi connectivity index (χ0n) is 13.4. The quantitative estimate of drug-likeness (QED) is 0.639. The van der Waals surface area contributed by atoms with Gasteiger partial charge in [0, 0.05) is 12.1 Å². The van der Waals surface area contributed by atoms with Gasteiger partial charge < -0.3 is 5.32 Å². The molecule has 1 heteroatoms. The molecule has 0 fully saturated rings. The van der Waals surface area contributed by atoms with Gasteiger partial charge in [-0.1, -0.05) is 84.6 Å². The van der Waals surface area contributed by atoms with Crippen molar-refractivity contribution in [1.29, 1.82) is 0 Å². The first-order valence-electron chi connectivity index (χ1n) is 8.02. The van der Waals surface area contributed by atoms with Gasteiger partial charge in [0.05, 0.1) is 5.69 Å². The molecule has 0 bridgehead atoms. The minimum atomic E-state index is 0.791. The van der Waals surface area contributed by atoms with E-state index in [9.17, 15) is 0 Å². The number of nitrogens with one attached hydrogen (secondary N) is 1. The van der Waals surface area contributed by atoms with Gasteiger partial charge in [0.2, 0.25) is 0 Å². The molecule has 0 heterocycles. The lowest BCUT2D eigenvalue weighted by Crippen LogP contribution is -2.00. The van der Waals surface area contributed by atoms with Crippen molar-refractivity contribution >= 4 is 11.8 Å². The van der Waals surface area contributed by atoms with Gasteiger partial charge in [-0.3, -0.25) is 0 Å². The Hall–Kier alpha value is -3.24. The summed E-state index contributed by atoms with van der Waals surface area (Å²) in [5, 5.41) is 3.46. The first kappa shape index (κ1) is 15.6. The highest BCUT2D eigenvalue weighted by atomic mass is 14.9. The van der Waals surface area contributed by atoms with Crippen LogP contribution < -0.4 is 5.32 Å². The molecule has 3 aromatic carbocycles. The zero-order chi connectivity index (χ0) is 16.5. The Kier molecular flexibility index (Phi) is 5.48. The number of hydrogen-bond acceptors (Lipinski definition) is 1. The first-order chi connectivity index (χ1) is 11.9. The van der Waals surface area contributed by atoms with Crippen molar-refractivity contribution < 1.29 is 0 Å². The third-order valence-electron chi connectivity index (χ3n) is 3.62. The van der Waals surface area contributed by atoms with E-state index >= 15 is 0 Å². The van der Waals surface area contributed by atoms with Crippen LogP contribution >= 0.6 is 0 Å². The summed E-state index contributed by atoms with van der Waals surface area (Å²) in [7, 11) is 0. The predicted octanol–water partition coefficient (Wildman–Crippen LogP) is 5.36. The molecule has 0 saturated carbocycles. The summed E-state index contributed by atoms with van der Waals surface area (Å²) in [5.74, 6) is 6.34. The molecule has 0 radical (unpaired) electrons. The molecule has 24 heavy (non-hydrogen) atoms. The molecule has 116 valence electrons. The van der Waals surface area contributed by atoms with Crippen molar-refractivity contribution in [1.82, 2.24) is 0 Å². The second kappa shape index (κ2) is 8.41. The molecule has 3 rings (SSSR count). The molecule has 0 spiro atoms. The maximum atomic E-state index is 3.46. The average molecular weight is 309 g/mol. The summed E-state index contributed by atoms with van der Waals surface area (Å²) in [6.07, 6.45) is 3.91. The van der Waals surface area contributed by atoms with Crippen LogP contribution in [0.25, 0.3) is 6.08 Å². The molecule has 0 saturated heterocycles. The van der Waals surface area contributed by atoms with Crippen LogP contribution in [0.5, 0.6) is 0 Å². The maximum Gasteiger partial charge on any atom is 0.0502 e. The second-order valence-electron chi connectivity index (χ2n) is 5.40. The molecule has 3 aromatic rings. The van der Waals surface area contributed by atoms with Gasteiger partial charge >= 0.3 is 0 Å². The van der Waals surface area contributed by atoms with Crippen LogP contribution in [0.2, 0.25) is 0 Å². The zero-order valence-corrected chi connectivity index (χ0v) is 13.4. The minimum absolute atomic E-state index is 0.791. The molecule has 0 aliphatic rings. The Morgan fingerprint density at radius 2 is 1.42 bits per heavy atom. The number of allylic oxidation sites excluding steroid dienone is 1. The second-order valence-corrected chi connectivity index (χ2v) is 5.40. The molecule has 0 atom stereocenters. The molecule has 0 aliphatic carbocycles. The fourth-order valence-corrected chi connectivity index (χ4v) is 2.36. The van der Waals surface area contributed by atoms with Crippen LogP contribution in [0.1, 0.15) is 16.7 Å². The number of benzene rings is 3. The standard InChI is InChI=1S/C23H19N/c1-3-11-20(12-4-1)13-7-8-16-22-17-9-10-18-23(22)24-19-21-14-5-2-6-15-21/h1-7,9-15,17-18,24H,19H2/b13-7+. The highest BCUT2D eigenvalue weighted by Gasteiger charge is 1.98. The third-order valence-corrected chi connectivity index (χ3v) is 3.62. The Balaban J connectivity index is 1.68. The Labute approximate surface area is 143 Å². The number of anilines is 1. The third kappa shape index (κ3) is 4.63. The number of rotatable bonds is 4. The monoisotopic (exact) mass is 309 g/mol. The van der Waals surface area contributed by atoms with Gasteiger partial charge in [-0.2, -0.15) is 0 Å². The first-order valence-corrected chi connectivity index (χ1v) is 8.02. The Morgan fingerprint density at radius 1 is 0.750 bits per heavy atom. The molecule has 1 nitrogen and oxygen atoms in total. The van der Waals surface area contributed by atoms with Gasteiger partial charge in [-0.05, 0) is 35.4 Å². The maximum absolute atomic E-state index is 3.46. The van der Waals surface area contributed by atoms with E-state index in [1.54, 1.807) is 0 Å². The topological polar surface area (TPSA) is 12.0 Å². The van der Waals surface area contributed by atoms with Crippen LogP contribution in [0.15, 0.2) is 91.0 Å². The van der Waals surface area contributed by atoms with Crippen LogP contribution in [-0.2, 0) is 6.54 Å². The average Bonchev–Trinajstić information content (AvgIpc) is 2.66. The predicted molar refractivity (Wildman–Crippen MR) is 103 cm³/mol. The van der Waals surface area contributed by atoms with Gasteiger partial charge in [-0.15, -0.1) is 0 Å². The fourth-order valence-electron chi connectivity index (χ4n) is 2.36. The van der Waals surface area contributed by atoms with Crippen molar-refractivity contribution in [3.8, 4) is 11.8 Å². The van der Waals surface area contributed by atoms with E-state index < -0.39 is 0 Å². The van der Waals surface area contributed by atoms with Crippen molar-refractivity contribution in [2.75, 3.05) is 5.32 Å². The van der Waals surface area contributed by atoms with Crippen molar-refractivity contribution in [3.05, 3.63) is 108 Å². The molecular formula is C23H19N. The van der Waals surface area contributed by atoms with Crippen molar-refractivity contribution in [2.45, 2.75) is 6.54 Å². The van der Waals surface area contributed by atoms with E-state index in [1.165, 1.54) is 5.56 Å². The summed E-state index contributed by atoms with van der Waals surface area (Å²) in [6.45, 7) is 0.791. The lowest BCUT2D eigenvalue weighted by Gasteiger charge is -2.08. The highest BCUT2D eigenvalue weighted by Crippen LogP contribution is 2.15. The Bertz CT molecular complexity index is 853. The SMILES string of the molecule is C(#Cc1ccccc1NCc1ccccc1)/C=C/c1ccccc1. The number of para-hydroxylation sites is 1. The van der Waals surface area contributed by atoms with E-state index in [0.29, 0.717) is 0 Å². The normalized spacial score (nSPS) is 10.2. The van der Waals surface area contributed by atoms with Crippen molar-refractivity contribution in [3.63, 3.8) is 0 Å². The smallest absolute Gasteiger partial charge is 0.0502 e. The van der Waals surface area contributed by atoms with Crippen LogP contribution in [0, 0.1) is 11.8 Å². The van der Waals surface area contributed by atoms with Crippen LogP contribution in [0.4, 0.5) is 5.69 Å². The summed E-state index contributed by atoms with van der Waals surface area (Å²) in [4.78, 5) is 0. The van der Waals surface area contributed by atoms with Gasteiger partial charge in [0.25, 0.3) is 0 Å². The summed E-state index contributed by atoms with van der Waals surface area (Å²) < 4.78 is 0. The molecule has 0 unspecified atom stereocenters. The highest BCUT2D eigenvalue weighted by molar-refractivity contribution is 5.61. The minimum Gasteiger partial charge on any atom is -0.380 e. The van der Waals surface area contributed by atoms with E-state index in [0.717, 1.165) is 23.4 Å². The van der Waals surface area contributed by atoms with Crippen LogP contribution in [-0.4, -0.2) is 0 Å². The lowest BCUT2D eigenvalue weighted by molar-refractivity contribution is 1.15. The molecular weight excluding hydrogens is 290 g/mol. The lowest BCUT2D eigenvalue weighted by atomic mass is 10.1. The van der Waals surface area contributed by atoms with Gasteiger partial charge in [-0.25, -0.2) is 0 Å². The molecule has 0 aliphatic heterocycles. The molecule has 0 aromatic heterocycles. The summed E-state index contributed by atoms with van der Waals surface area (Å²) in [5.41, 5.74) is 4.47. The number of hydrogen-bond donors (Lipinski definition) is 1. The Morgan fingerprint density at radius 3 is 2.21 bits per heavy atom. The summed E-state index contributed by atoms with van der Waals surface area (Å²) in [6, 6.07) is 28.7. The van der Waals surface area contributed by atoms with E-state index in [2.05, 4.69) is 59.6 Å².